The lowest BCUT2D eigenvalue weighted by molar-refractivity contribution is -0.149. The number of piperidine rings is 1. The molecule has 1 fully saturated rings. The van der Waals surface area contributed by atoms with Gasteiger partial charge in [-0.25, -0.2) is 0 Å². The molecule has 1 aliphatic heterocycles. The number of esters is 1. The predicted molar refractivity (Wildman–Crippen MR) is 119 cm³/mol. The highest BCUT2D eigenvalue weighted by atomic mass is 127. The van der Waals surface area contributed by atoms with E-state index < -0.39 is 0 Å². The number of guanidine groups is 1. The van der Waals surface area contributed by atoms with Gasteiger partial charge in [0.2, 0.25) is 0 Å². The van der Waals surface area contributed by atoms with Crippen molar-refractivity contribution in [2.45, 2.75) is 53.4 Å². The van der Waals surface area contributed by atoms with E-state index in [0.717, 1.165) is 71.0 Å². The van der Waals surface area contributed by atoms with Gasteiger partial charge in [0.05, 0.1) is 12.5 Å². The molecule has 1 heterocycles. The molecule has 154 valence electrons. The minimum atomic E-state index is -0.0412. The van der Waals surface area contributed by atoms with E-state index in [2.05, 4.69) is 35.9 Å². The van der Waals surface area contributed by atoms with Crippen LogP contribution < -0.4 is 5.32 Å². The highest BCUT2D eigenvalue weighted by Gasteiger charge is 2.27. The first-order valence-electron chi connectivity index (χ1n) is 10.1. The number of unbranched alkanes of at least 4 members (excludes halogenated alkanes) is 1. The number of likely N-dealkylation sites (tertiary alicyclic amines) is 1. The fraction of sp³-hybridized carbons (Fsp3) is 0.895. The van der Waals surface area contributed by atoms with Crippen molar-refractivity contribution in [3.8, 4) is 0 Å². The molecule has 0 spiro atoms. The van der Waals surface area contributed by atoms with Crippen LogP contribution in [0.25, 0.3) is 0 Å². The Hall–Kier alpha value is -0.570. The molecular weight excluding hydrogens is 443 g/mol. The standard InChI is InChI=1S/C19H38N4O2.HI/c1-5-20-19(21-13-9-10-14-22(6-2)7-3)23-15-11-17(12-16-23)18(24)25-8-4;/h17H,5-16H2,1-4H3,(H,20,21);1H. The third-order valence-corrected chi connectivity index (χ3v) is 4.79. The molecule has 26 heavy (non-hydrogen) atoms. The smallest absolute Gasteiger partial charge is 0.309 e. The van der Waals surface area contributed by atoms with Gasteiger partial charge in [-0.1, -0.05) is 13.8 Å². The molecule has 0 radical (unpaired) electrons. The molecule has 0 saturated carbocycles. The van der Waals surface area contributed by atoms with Gasteiger partial charge in [0.25, 0.3) is 0 Å². The first-order valence-corrected chi connectivity index (χ1v) is 10.1. The number of hydrogen-bond donors (Lipinski definition) is 1. The number of rotatable bonds is 10. The van der Waals surface area contributed by atoms with E-state index >= 15 is 0 Å². The molecule has 0 bridgehead atoms. The lowest BCUT2D eigenvalue weighted by Crippen LogP contribution is -2.46. The zero-order valence-corrected chi connectivity index (χ0v) is 19.5. The maximum atomic E-state index is 11.9. The average Bonchev–Trinajstić information content (AvgIpc) is 2.64. The predicted octanol–water partition coefficient (Wildman–Crippen LogP) is 2.97. The van der Waals surface area contributed by atoms with Gasteiger partial charge in [0.15, 0.2) is 5.96 Å². The zero-order valence-electron chi connectivity index (χ0n) is 17.1. The van der Waals surface area contributed by atoms with Crippen molar-refractivity contribution in [2.24, 2.45) is 10.9 Å². The normalized spacial score (nSPS) is 15.7. The molecule has 0 atom stereocenters. The minimum Gasteiger partial charge on any atom is -0.466 e. The molecule has 0 amide bonds. The summed E-state index contributed by atoms with van der Waals surface area (Å²) in [5.41, 5.74) is 0. The summed E-state index contributed by atoms with van der Waals surface area (Å²) in [4.78, 5) is 21.4. The van der Waals surface area contributed by atoms with Gasteiger partial charge in [0.1, 0.15) is 0 Å². The van der Waals surface area contributed by atoms with Gasteiger partial charge < -0.3 is 19.9 Å². The molecule has 0 aliphatic carbocycles. The Kier molecular flexibility index (Phi) is 15.1. The summed E-state index contributed by atoms with van der Waals surface area (Å²) in [5.74, 6) is 1.00. The Labute approximate surface area is 177 Å². The highest BCUT2D eigenvalue weighted by molar-refractivity contribution is 14.0. The van der Waals surface area contributed by atoms with Crippen molar-refractivity contribution < 1.29 is 9.53 Å². The second-order valence-electron chi connectivity index (χ2n) is 6.48. The summed E-state index contributed by atoms with van der Waals surface area (Å²) < 4.78 is 5.15. The second kappa shape index (κ2) is 15.5. The number of carbonyl (C=O) groups excluding carboxylic acids is 1. The summed E-state index contributed by atoms with van der Waals surface area (Å²) >= 11 is 0. The fourth-order valence-corrected chi connectivity index (χ4v) is 3.18. The third kappa shape index (κ3) is 9.39. The molecule has 0 aromatic rings. The van der Waals surface area contributed by atoms with E-state index in [1.165, 1.54) is 6.42 Å². The van der Waals surface area contributed by atoms with Crippen LogP contribution >= 0.6 is 24.0 Å². The highest BCUT2D eigenvalue weighted by Crippen LogP contribution is 2.18. The van der Waals surface area contributed by atoms with E-state index in [1.54, 1.807) is 0 Å². The number of aliphatic imine (C=N–C) groups is 1. The number of hydrogen-bond acceptors (Lipinski definition) is 4. The minimum absolute atomic E-state index is 0. The molecule has 1 aliphatic rings. The molecular formula is C19H39IN4O2. The first-order chi connectivity index (χ1) is 12.2. The van der Waals surface area contributed by atoms with E-state index in [-0.39, 0.29) is 35.9 Å². The fourth-order valence-electron chi connectivity index (χ4n) is 3.18. The van der Waals surface area contributed by atoms with Crippen LogP contribution in [0, 0.1) is 5.92 Å². The van der Waals surface area contributed by atoms with Crippen LogP contribution in [0.3, 0.4) is 0 Å². The maximum absolute atomic E-state index is 11.9. The van der Waals surface area contributed by atoms with E-state index in [1.807, 2.05) is 6.92 Å². The van der Waals surface area contributed by atoms with Gasteiger partial charge >= 0.3 is 5.97 Å². The van der Waals surface area contributed by atoms with Crippen molar-refractivity contribution in [3.05, 3.63) is 0 Å². The van der Waals surface area contributed by atoms with Gasteiger partial charge in [0, 0.05) is 26.2 Å². The first kappa shape index (κ1) is 25.4. The van der Waals surface area contributed by atoms with Crippen LogP contribution in [0.1, 0.15) is 53.4 Å². The Morgan fingerprint density at radius 3 is 2.35 bits per heavy atom. The van der Waals surface area contributed by atoms with Gasteiger partial charge in [-0.3, -0.25) is 9.79 Å². The summed E-state index contributed by atoms with van der Waals surface area (Å²) in [5, 5.41) is 3.39. The Morgan fingerprint density at radius 2 is 1.81 bits per heavy atom. The van der Waals surface area contributed by atoms with Crippen molar-refractivity contribution in [1.29, 1.82) is 0 Å². The topological polar surface area (TPSA) is 57.2 Å². The quantitative estimate of drug-likeness (QED) is 0.171. The van der Waals surface area contributed by atoms with Crippen LogP contribution in [-0.4, -0.2) is 74.1 Å². The summed E-state index contributed by atoms with van der Waals surface area (Å²) in [6.45, 7) is 15.7. The number of halogens is 1. The molecule has 6 nitrogen and oxygen atoms in total. The Morgan fingerprint density at radius 1 is 1.15 bits per heavy atom. The SMILES string of the molecule is CCNC(=NCCCCN(CC)CC)N1CCC(C(=O)OCC)CC1.I. The molecule has 1 N–H and O–H groups in total. The average molecular weight is 482 g/mol. The van der Waals surface area contributed by atoms with Crippen molar-refractivity contribution in [2.75, 3.05) is 52.4 Å². The van der Waals surface area contributed by atoms with E-state index in [9.17, 15) is 4.79 Å². The third-order valence-electron chi connectivity index (χ3n) is 4.79. The molecule has 0 aromatic carbocycles. The molecule has 7 heteroatoms. The van der Waals surface area contributed by atoms with Crippen molar-refractivity contribution in [3.63, 3.8) is 0 Å². The van der Waals surface area contributed by atoms with Crippen LogP contribution in [-0.2, 0) is 9.53 Å². The molecule has 0 aromatic heterocycles. The van der Waals surface area contributed by atoms with Crippen LogP contribution in [0.4, 0.5) is 0 Å². The summed E-state index contributed by atoms with van der Waals surface area (Å²) in [6.07, 6.45) is 4.01. The molecule has 1 rings (SSSR count). The maximum Gasteiger partial charge on any atom is 0.309 e. The largest absolute Gasteiger partial charge is 0.466 e. The Balaban J connectivity index is 0.00000625. The van der Waals surface area contributed by atoms with E-state index in [0.29, 0.717) is 6.61 Å². The number of carbonyl (C=O) groups is 1. The van der Waals surface area contributed by atoms with Gasteiger partial charge in [-0.15, -0.1) is 24.0 Å². The summed E-state index contributed by atoms with van der Waals surface area (Å²) in [7, 11) is 0. The lowest BCUT2D eigenvalue weighted by Gasteiger charge is -2.33. The molecule has 1 saturated heterocycles. The van der Waals surface area contributed by atoms with E-state index in [4.69, 9.17) is 9.73 Å². The van der Waals surface area contributed by atoms with Crippen molar-refractivity contribution >= 4 is 35.9 Å². The van der Waals surface area contributed by atoms with Gasteiger partial charge in [-0.05, 0) is 59.2 Å². The van der Waals surface area contributed by atoms with Gasteiger partial charge in [-0.2, -0.15) is 0 Å². The van der Waals surface area contributed by atoms with Crippen LogP contribution in [0.15, 0.2) is 4.99 Å². The zero-order chi connectivity index (χ0) is 18.5. The second-order valence-corrected chi connectivity index (χ2v) is 6.48. The number of nitrogens with one attached hydrogen (secondary N) is 1. The molecule has 0 unspecified atom stereocenters. The number of ether oxygens (including phenoxy) is 1. The summed E-state index contributed by atoms with van der Waals surface area (Å²) in [6, 6.07) is 0. The van der Waals surface area contributed by atoms with Crippen LogP contribution in [0.5, 0.6) is 0 Å². The Bertz CT molecular complexity index is 395. The van der Waals surface area contributed by atoms with Crippen molar-refractivity contribution in [1.82, 2.24) is 15.1 Å². The number of nitrogens with zero attached hydrogens (tertiary/aromatic N) is 3. The lowest BCUT2D eigenvalue weighted by atomic mass is 9.97. The monoisotopic (exact) mass is 482 g/mol. The van der Waals surface area contributed by atoms with Crippen LogP contribution in [0.2, 0.25) is 0 Å².